The number of amides is 1. The Labute approximate surface area is 158 Å². The summed E-state index contributed by atoms with van der Waals surface area (Å²) in [6.07, 6.45) is 3.34. The highest BCUT2D eigenvalue weighted by molar-refractivity contribution is 5.94. The second-order valence-corrected chi connectivity index (χ2v) is 8.12. The third-order valence-corrected chi connectivity index (χ3v) is 5.92. The van der Waals surface area contributed by atoms with Crippen LogP contribution in [-0.2, 0) is 6.54 Å². The lowest BCUT2D eigenvalue weighted by molar-refractivity contribution is 0.0758. The Hall–Kier alpha value is -1.43. The van der Waals surface area contributed by atoms with Crippen LogP contribution in [0.3, 0.4) is 0 Å². The maximum absolute atomic E-state index is 12.9. The zero-order chi connectivity index (χ0) is 18.5. The lowest BCUT2D eigenvalue weighted by Gasteiger charge is -2.32. The molecule has 2 aliphatic heterocycles. The first-order chi connectivity index (χ1) is 12.5. The molecule has 26 heavy (non-hydrogen) atoms. The lowest BCUT2D eigenvalue weighted by Crippen LogP contribution is -2.43. The Morgan fingerprint density at radius 2 is 1.69 bits per heavy atom. The fourth-order valence-electron chi connectivity index (χ4n) is 4.00. The van der Waals surface area contributed by atoms with E-state index in [4.69, 9.17) is 0 Å². The van der Waals surface area contributed by atoms with E-state index in [1.807, 2.05) is 17.0 Å². The van der Waals surface area contributed by atoms with E-state index in [1.54, 1.807) is 0 Å². The molecule has 0 spiro atoms. The van der Waals surface area contributed by atoms with Crippen molar-refractivity contribution >= 4 is 5.91 Å². The molecule has 1 aromatic rings. The fraction of sp³-hybridized carbons (Fsp3) is 0.667. The summed E-state index contributed by atoms with van der Waals surface area (Å²) >= 11 is 0. The molecule has 1 atom stereocenters. The fourth-order valence-corrected chi connectivity index (χ4v) is 4.00. The van der Waals surface area contributed by atoms with Crippen LogP contribution in [0, 0.1) is 0 Å². The highest BCUT2D eigenvalue weighted by atomic mass is 16.2. The summed E-state index contributed by atoms with van der Waals surface area (Å²) in [7, 11) is 6.46. The van der Waals surface area contributed by atoms with Gasteiger partial charge >= 0.3 is 0 Å². The number of likely N-dealkylation sites (tertiary alicyclic amines) is 1. The van der Waals surface area contributed by atoms with Crippen LogP contribution in [0.25, 0.3) is 0 Å². The van der Waals surface area contributed by atoms with Crippen LogP contribution in [0.15, 0.2) is 24.3 Å². The van der Waals surface area contributed by atoms with Crippen molar-refractivity contribution in [3.05, 3.63) is 35.4 Å². The number of carbonyl (C=O) groups excluding carboxylic acids is 1. The first-order valence-corrected chi connectivity index (χ1v) is 9.98. The van der Waals surface area contributed by atoms with Crippen molar-refractivity contribution in [2.45, 2.75) is 31.8 Å². The molecule has 0 aromatic heterocycles. The molecule has 0 saturated carbocycles. The number of rotatable bonds is 4. The molecule has 0 N–H and O–H groups in total. The minimum absolute atomic E-state index is 0.190. The Morgan fingerprint density at radius 1 is 1.00 bits per heavy atom. The summed E-state index contributed by atoms with van der Waals surface area (Å²) in [5, 5.41) is 0. The predicted molar refractivity (Wildman–Crippen MR) is 106 cm³/mol. The Kier molecular flexibility index (Phi) is 6.68. The van der Waals surface area contributed by atoms with Gasteiger partial charge in [-0.2, -0.15) is 0 Å². The summed E-state index contributed by atoms with van der Waals surface area (Å²) in [6, 6.07) is 8.89. The normalized spacial score (nSPS) is 23.2. The third-order valence-electron chi connectivity index (χ3n) is 5.92. The molecule has 5 nitrogen and oxygen atoms in total. The SMILES string of the molecule is CN1CCN(Cc2ccc(C(=O)N3CCCC(N(C)C)CC3)cc2)CC1. The molecule has 1 unspecified atom stereocenters. The zero-order valence-electron chi connectivity index (χ0n) is 16.7. The van der Waals surface area contributed by atoms with Gasteiger partial charge in [0.25, 0.3) is 5.91 Å². The lowest BCUT2D eigenvalue weighted by atomic mass is 10.1. The second-order valence-electron chi connectivity index (χ2n) is 8.12. The number of hydrogen-bond acceptors (Lipinski definition) is 4. The first-order valence-electron chi connectivity index (χ1n) is 9.98. The first kappa shape index (κ1) is 19.3. The van der Waals surface area contributed by atoms with Crippen molar-refractivity contribution in [1.29, 1.82) is 0 Å². The molecule has 1 amide bonds. The van der Waals surface area contributed by atoms with Crippen LogP contribution in [-0.4, -0.2) is 92.0 Å². The zero-order valence-corrected chi connectivity index (χ0v) is 16.7. The van der Waals surface area contributed by atoms with Crippen LogP contribution >= 0.6 is 0 Å². The van der Waals surface area contributed by atoms with E-state index in [1.165, 1.54) is 12.0 Å². The molecule has 3 rings (SSSR count). The molecule has 5 heteroatoms. The summed E-state index contributed by atoms with van der Waals surface area (Å²) in [6.45, 7) is 7.25. The van der Waals surface area contributed by atoms with Crippen LogP contribution in [0.4, 0.5) is 0 Å². The van der Waals surface area contributed by atoms with Gasteiger partial charge in [0.2, 0.25) is 0 Å². The summed E-state index contributed by atoms with van der Waals surface area (Å²) < 4.78 is 0. The summed E-state index contributed by atoms with van der Waals surface area (Å²) in [5.74, 6) is 0.190. The number of nitrogens with zero attached hydrogens (tertiary/aromatic N) is 4. The van der Waals surface area contributed by atoms with Crippen molar-refractivity contribution in [1.82, 2.24) is 19.6 Å². The van der Waals surface area contributed by atoms with E-state index in [2.05, 4.69) is 48.0 Å². The van der Waals surface area contributed by atoms with E-state index >= 15 is 0 Å². The highest BCUT2D eigenvalue weighted by Gasteiger charge is 2.22. The largest absolute Gasteiger partial charge is 0.339 e. The minimum atomic E-state index is 0.190. The topological polar surface area (TPSA) is 30.0 Å². The Balaban J connectivity index is 1.55. The van der Waals surface area contributed by atoms with Gasteiger partial charge in [0, 0.05) is 57.4 Å². The second kappa shape index (κ2) is 8.98. The molecular formula is C21H34N4O. The van der Waals surface area contributed by atoms with Crippen LogP contribution in [0.1, 0.15) is 35.2 Å². The summed E-state index contributed by atoms with van der Waals surface area (Å²) in [5.41, 5.74) is 2.13. The average molecular weight is 359 g/mol. The van der Waals surface area contributed by atoms with Gasteiger partial charge in [0.1, 0.15) is 0 Å². The maximum atomic E-state index is 12.9. The van der Waals surface area contributed by atoms with Gasteiger partial charge in [-0.15, -0.1) is 0 Å². The van der Waals surface area contributed by atoms with Gasteiger partial charge in [-0.3, -0.25) is 9.69 Å². The summed E-state index contributed by atoms with van der Waals surface area (Å²) in [4.78, 5) is 22.1. The van der Waals surface area contributed by atoms with Gasteiger partial charge < -0.3 is 14.7 Å². The quantitative estimate of drug-likeness (QED) is 0.823. The third kappa shape index (κ3) is 5.06. The molecule has 2 aliphatic rings. The molecule has 1 aromatic carbocycles. The van der Waals surface area contributed by atoms with E-state index in [9.17, 15) is 4.79 Å². The number of benzene rings is 1. The van der Waals surface area contributed by atoms with Gasteiger partial charge in [0.05, 0.1) is 0 Å². The molecule has 0 bridgehead atoms. The van der Waals surface area contributed by atoms with Crippen molar-refractivity contribution in [2.75, 3.05) is 60.4 Å². The minimum Gasteiger partial charge on any atom is -0.339 e. The smallest absolute Gasteiger partial charge is 0.253 e. The maximum Gasteiger partial charge on any atom is 0.253 e. The number of piperazine rings is 1. The molecule has 2 saturated heterocycles. The highest BCUT2D eigenvalue weighted by Crippen LogP contribution is 2.17. The molecule has 144 valence electrons. The van der Waals surface area contributed by atoms with E-state index < -0.39 is 0 Å². The molecule has 2 fully saturated rings. The molecule has 0 aliphatic carbocycles. The van der Waals surface area contributed by atoms with E-state index in [0.717, 1.165) is 64.2 Å². The Morgan fingerprint density at radius 3 is 2.35 bits per heavy atom. The Bertz CT molecular complexity index is 578. The van der Waals surface area contributed by atoms with Crippen molar-refractivity contribution in [3.63, 3.8) is 0 Å². The van der Waals surface area contributed by atoms with Gasteiger partial charge in [-0.1, -0.05) is 12.1 Å². The molecule has 0 radical (unpaired) electrons. The standard InChI is InChI=1S/C21H34N4O/c1-22(2)20-5-4-11-25(12-10-20)21(26)19-8-6-18(7-9-19)17-24-15-13-23(3)14-16-24/h6-9,20H,4-5,10-17H2,1-3H3. The van der Waals surface area contributed by atoms with Crippen LogP contribution < -0.4 is 0 Å². The van der Waals surface area contributed by atoms with Crippen molar-refractivity contribution in [2.24, 2.45) is 0 Å². The van der Waals surface area contributed by atoms with E-state index in [0.29, 0.717) is 6.04 Å². The van der Waals surface area contributed by atoms with Crippen molar-refractivity contribution in [3.8, 4) is 0 Å². The monoisotopic (exact) mass is 358 g/mol. The molecule has 2 heterocycles. The van der Waals surface area contributed by atoms with E-state index in [-0.39, 0.29) is 5.91 Å². The van der Waals surface area contributed by atoms with Crippen LogP contribution in [0.2, 0.25) is 0 Å². The van der Waals surface area contributed by atoms with Gasteiger partial charge in [-0.25, -0.2) is 0 Å². The number of likely N-dealkylation sites (N-methyl/N-ethyl adjacent to an activating group) is 1. The average Bonchev–Trinajstić information content (AvgIpc) is 2.90. The molecular weight excluding hydrogens is 324 g/mol. The number of carbonyl (C=O) groups is 1. The van der Waals surface area contributed by atoms with Gasteiger partial charge in [-0.05, 0) is 58.1 Å². The number of hydrogen-bond donors (Lipinski definition) is 0. The van der Waals surface area contributed by atoms with Crippen LogP contribution in [0.5, 0.6) is 0 Å². The van der Waals surface area contributed by atoms with Crippen molar-refractivity contribution < 1.29 is 4.79 Å². The predicted octanol–water partition coefficient (Wildman–Crippen LogP) is 1.99. The van der Waals surface area contributed by atoms with Gasteiger partial charge in [0.15, 0.2) is 0 Å².